The highest BCUT2D eigenvalue weighted by Crippen LogP contribution is 2.18. The van der Waals surface area contributed by atoms with Gasteiger partial charge in [0.15, 0.2) is 0 Å². The van der Waals surface area contributed by atoms with Crippen LogP contribution in [0.25, 0.3) is 0 Å². The topological polar surface area (TPSA) is 53.9 Å². The maximum atomic E-state index is 12.1. The van der Waals surface area contributed by atoms with E-state index in [0.29, 0.717) is 6.54 Å². The van der Waals surface area contributed by atoms with Crippen LogP contribution in [-0.4, -0.2) is 41.4 Å². The van der Waals surface area contributed by atoms with E-state index in [0.717, 1.165) is 30.8 Å². The zero-order chi connectivity index (χ0) is 20.1. The molecule has 3 rings (SSSR count). The van der Waals surface area contributed by atoms with E-state index in [1.165, 1.54) is 16.0 Å². The Bertz CT molecular complexity index is 946. The molecule has 0 aliphatic carbocycles. The third kappa shape index (κ3) is 4.93. The predicted molar refractivity (Wildman–Crippen MR) is 114 cm³/mol. The minimum atomic E-state index is -3.46. The van der Waals surface area contributed by atoms with Gasteiger partial charge in [0.05, 0.1) is 13.1 Å². The quantitative estimate of drug-likeness (QED) is 0.684. The highest BCUT2D eigenvalue weighted by atomic mass is 32.2. The summed E-state index contributed by atoms with van der Waals surface area (Å²) in [5, 5.41) is 0. The Labute approximate surface area is 168 Å². The lowest BCUT2D eigenvalue weighted by Crippen LogP contribution is -3.12. The van der Waals surface area contributed by atoms with E-state index in [1.807, 2.05) is 14.1 Å². The van der Waals surface area contributed by atoms with Crippen LogP contribution in [0, 0.1) is 12.3 Å². The monoisotopic (exact) mass is 398 g/mol. The van der Waals surface area contributed by atoms with Crippen molar-refractivity contribution in [3.05, 3.63) is 65.2 Å². The number of hydrogen-bond donors (Lipinski definition) is 2. The Kier molecular flexibility index (Phi) is 6.40. The molecule has 0 saturated carbocycles. The molecule has 0 spiro atoms. The molecule has 0 amide bonds. The van der Waals surface area contributed by atoms with E-state index in [9.17, 15) is 8.42 Å². The van der Waals surface area contributed by atoms with Gasteiger partial charge in [0.1, 0.15) is 18.3 Å². The Morgan fingerprint density at radius 2 is 1.82 bits per heavy atom. The summed E-state index contributed by atoms with van der Waals surface area (Å²) in [4.78, 5) is 3.41. The van der Waals surface area contributed by atoms with Crippen molar-refractivity contribution >= 4 is 15.7 Å². The summed E-state index contributed by atoms with van der Waals surface area (Å²) in [5.41, 5.74) is 4.98. The summed E-state index contributed by atoms with van der Waals surface area (Å²) in [6.07, 6.45) is 6.19. The van der Waals surface area contributed by atoms with Crippen LogP contribution in [0.4, 0.5) is 5.69 Å². The maximum absolute atomic E-state index is 12.1. The van der Waals surface area contributed by atoms with Gasteiger partial charge in [0.25, 0.3) is 0 Å². The van der Waals surface area contributed by atoms with Gasteiger partial charge >= 0.3 is 0 Å². The number of sulfonamides is 1. The summed E-state index contributed by atoms with van der Waals surface area (Å²) in [5.74, 6) is 1.93. The summed E-state index contributed by atoms with van der Waals surface area (Å²) in [7, 11) is 0.551. The van der Waals surface area contributed by atoms with Crippen LogP contribution in [0.2, 0.25) is 0 Å². The van der Waals surface area contributed by atoms with Crippen LogP contribution in [0.15, 0.2) is 48.5 Å². The van der Waals surface area contributed by atoms with Crippen molar-refractivity contribution in [2.24, 2.45) is 0 Å². The van der Waals surface area contributed by atoms with Gasteiger partial charge < -0.3 is 9.80 Å². The minimum Gasteiger partial charge on any atom is -0.378 e. The highest BCUT2D eigenvalue weighted by Gasteiger charge is 2.29. The molecule has 1 unspecified atom stereocenters. The number of terminal acetylenes is 1. The zero-order valence-electron chi connectivity index (χ0n) is 16.5. The second-order valence-corrected chi connectivity index (χ2v) is 9.26. The highest BCUT2D eigenvalue weighted by molar-refractivity contribution is 7.89. The van der Waals surface area contributed by atoms with E-state index >= 15 is 0 Å². The van der Waals surface area contributed by atoms with E-state index in [2.05, 4.69) is 64.1 Å². The molecule has 1 aliphatic heterocycles. The van der Waals surface area contributed by atoms with Gasteiger partial charge in [-0.15, -0.1) is 6.42 Å². The number of rotatable bonds is 7. The van der Waals surface area contributed by atoms with Crippen LogP contribution in [-0.2, 0) is 23.0 Å². The van der Waals surface area contributed by atoms with Crippen molar-refractivity contribution in [3.63, 3.8) is 0 Å². The van der Waals surface area contributed by atoms with Crippen LogP contribution < -0.4 is 14.5 Å². The molecule has 1 aliphatic rings. The van der Waals surface area contributed by atoms with Crippen molar-refractivity contribution in [1.82, 2.24) is 4.72 Å². The molecule has 0 radical (unpaired) electrons. The largest absolute Gasteiger partial charge is 0.378 e. The fraction of sp³-hybridized carbons (Fsp3) is 0.364. The molecule has 0 aromatic heterocycles. The number of nitrogens with zero attached hydrogens (tertiary/aromatic N) is 1. The average molecular weight is 399 g/mol. The first-order valence-electron chi connectivity index (χ1n) is 9.49. The van der Waals surface area contributed by atoms with Gasteiger partial charge in [0.2, 0.25) is 10.0 Å². The van der Waals surface area contributed by atoms with Crippen LogP contribution >= 0.6 is 0 Å². The SMILES string of the molecule is C#CCS(=O)(=O)NC[C@H](c1ccc(N(C)C)cc1)[NH+]1CCc2ccccc2C1. The van der Waals surface area contributed by atoms with Gasteiger partial charge in [-0.1, -0.05) is 42.3 Å². The van der Waals surface area contributed by atoms with Gasteiger partial charge in [-0.25, -0.2) is 13.1 Å². The van der Waals surface area contributed by atoms with Crippen LogP contribution in [0.1, 0.15) is 22.7 Å². The fourth-order valence-corrected chi connectivity index (χ4v) is 4.52. The Morgan fingerprint density at radius 1 is 1.14 bits per heavy atom. The standard InChI is InChI=1S/C22H27N3O2S/c1-4-15-28(26,27)23-16-22(19-9-11-21(12-10-19)24(2)3)25-14-13-18-7-5-6-8-20(18)17-25/h1,5-12,22-23H,13-17H2,2-3H3/p+1/t22-/m1/s1. The van der Waals surface area contributed by atoms with Gasteiger partial charge in [-0.05, 0) is 17.7 Å². The van der Waals surface area contributed by atoms with E-state index in [1.54, 1.807) is 0 Å². The minimum absolute atomic E-state index is 0.0251. The molecule has 0 saturated heterocycles. The lowest BCUT2D eigenvalue weighted by atomic mass is 9.96. The summed E-state index contributed by atoms with van der Waals surface area (Å²) >= 11 is 0. The fourth-order valence-electron chi connectivity index (χ4n) is 3.77. The first-order valence-corrected chi connectivity index (χ1v) is 11.1. The van der Waals surface area contributed by atoms with E-state index in [4.69, 9.17) is 6.42 Å². The molecule has 2 N–H and O–H groups in total. The van der Waals surface area contributed by atoms with Crippen molar-refractivity contribution in [3.8, 4) is 12.3 Å². The van der Waals surface area contributed by atoms with Gasteiger partial charge in [0, 0.05) is 37.3 Å². The third-order valence-corrected chi connectivity index (χ3v) is 6.49. The second-order valence-electron chi connectivity index (χ2n) is 7.45. The molecule has 148 valence electrons. The van der Waals surface area contributed by atoms with Crippen molar-refractivity contribution < 1.29 is 13.3 Å². The third-order valence-electron chi connectivity index (χ3n) is 5.34. The molecule has 5 nitrogen and oxygen atoms in total. The molecule has 1 heterocycles. The average Bonchev–Trinajstić information content (AvgIpc) is 2.68. The predicted octanol–water partition coefficient (Wildman–Crippen LogP) is 0.988. The maximum Gasteiger partial charge on any atom is 0.223 e. The number of hydrogen-bond acceptors (Lipinski definition) is 3. The van der Waals surface area contributed by atoms with Gasteiger partial charge in [-0.2, -0.15) is 0 Å². The molecule has 0 bridgehead atoms. The number of quaternary nitrogens is 1. The van der Waals surface area contributed by atoms with Gasteiger partial charge in [-0.3, -0.25) is 0 Å². The Hall–Kier alpha value is -2.33. The summed E-state index contributed by atoms with van der Waals surface area (Å²) < 4.78 is 27.0. The van der Waals surface area contributed by atoms with Crippen LogP contribution in [0.3, 0.4) is 0 Å². The zero-order valence-corrected chi connectivity index (χ0v) is 17.3. The number of fused-ring (bicyclic) bond motifs is 1. The summed E-state index contributed by atoms with van der Waals surface area (Å²) in [6, 6.07) is 16.9. The van der Waals surface area contributed by atoms with Crippen molar-refractivity contribution in [2.45, 2.75) is 19.0 Å². The molecule has 2 aromatic rings. The number of anilines is 1. The lowest BCUT2D eigenvalue weighted by molar-refractivity contribution is -0.945. The summed E-state index contributed by atoms with van der Waals surface area (Å²) in [6.45, 7) is 2.18. The van der Waals surface area contributed by atoms with E-state index in [-0.39, 0.29) is 11.8 Å². The molecule has 28 heavy (non-hydrogen) atoms. The lowest BCUT2D eigenvalue weighted by Gasteiger charge is -2.33. The molecule has 0 fully saturated rings. The number of benzene rings is 2. The molecule has 2 aromatic carbocycles. The van der Waals surface area contributed by atoms with Crippen molar-refractivity contribution in [1.29, 1.82) is 0 Å². The molecular formula is C22H28N3O2S+. The Balaban J connectivity index is 1.85. The first-order chi connectivity index (χ1) is 13.4. The van der Waals surface area contributed by atoms with Crippen LogP contribution in [0.5, 0.6) is 0 Å². The second kappa shape index (κ2) is 8.78. The Morgan fingerprint density at radius 3 is 2.46 bits per heavy atom. The number of nitrogens with one attached hydrogen (secondary N) is 2. The normalized spacial score (nSPS) is 17.4. The van der Waals surface area contributed by atoms with Crippen molar-refractivity contribution in [2.75, 3.05) is 37.8 Å². The molecular weight excluding hydrogens is 370 g/mol. The molecule has 6 heteroatoms. The molecule has 2 atom stereocenters. The smallest absolute Gasteiger partial charge is 0.223 e. The van der Waals surface area contributed by atoms with E-state index < -0.39 is 10.0 Å². The first kappa shape index (κ1) is 20.4.